The molecule has 0 saturated heterocycles. The van der Waals surface area contributed by atoms with Gasteiger partial charge in [-0.05, 0) is 28.9 Å². The molecule has 0 fully saturated rings. The first-order valence-electron chi connectivity index (χ1n) is 5.60. The van der Waals surface area contributed by atoms with Crippen molar-refractivity contribution in [2.75, 3.05) is 7.05 Å². The summed E-state index contributed by atoms with van der Waals surface area (Å²) in [6.45, 7) is 3.33. The van der Waals surface area contributed by atoms with Crippen LogP contribution in [0.25, 0.3) is 0 Å². The SMILES string of the molecule is CCn1cc(Br)cc1C(=O)N(C)Cc1cscn1. The molecular formula is C12H14BrN3OS. The standard InChI is InChI=1S/C12H14BrN3OS/c1-3-16-5-9(13)4-11(16)12(17)15(2)6-10-7-18-8-14-10/h4-5,7-8H,3,6H2,1-2H3. The number of carbonyl (C=O) groups excluding carboxylic acids is 1. The van der Waals surface area contributed by atoms with E-state index < -0.39 is 0 Å². The van der Waals surface area contributed by atoms with Crippen LogP contribution < -0.4 is 0 Å². The summed E-state index contributed by atoms with van der Waals surface area (Å²) in [7, 11) is 1.79. The molecule has 1 amide bonds. The highest BCUT2D eigenvalue weighted by Gasteiger charge is 2.17. The minimum absolute atomic E-state index is 0.00977. The lowest BCUT2D eigenvalue weighted by Gasteiger charge is -2.16. The predicted octanol–water partition coefficient (Wildman–Crippen LogP) is 3.00. The van der Waals surface area contributed by atoms with Gasteiger partial charge in [-0.25, -0.2) is 4.98 Å². The summed E-state index contributed by atoms with van der Waals surface area (Å²) in [5, 5.41) is 1.96. The highest BCUT2D eigenvalue weighted by atomic mass is 79.9. The number of halogens is 1. The maximum Gasteiger partial charge on any atom is 0.270 e. The van der Waals surface area contributed by atoms with Crippen LogP contribution in [0.5, 0.6) is 0 Å². The van der Waals surface area contributed by atoms with Gasteiger partial charge in [-0.3, -0.25) is 4.79 Å². The largest absolute Gasteiger partial charge is 0.343 e. The lowest BCUT2D eigenvalue weighted by atomic mass is 10.3. The minimum Gasteiger partial charge on any atom is -0.343 e. The fourth-order valence-electron chi connectivity index (χ4n) is 1.74. The maximum atomic E-state index is 12.3. The van der Waals surface area contributed by atoms with E-state index in [1.54, 1.807) is 17.5 Å². The van der Waals surface area contributed by atoms with Crippen LogP contribution in [0.15, 0.2) is 27.6 Å². The smallest absolute Gasteiger partial charge is 0.270 e. The monoisotopic (exact) mass is 327 g/mol. The molecule has 2 rings (SSSR count). The Kier molecular flexibility index (Phi) is 4.19. The van der Waals surface area contributed by atoms with Gasteiger partial charge < -0.3 is 9.47 Å². The van der Waals surface area contributed by atoms with E-state index in [0.29, 0.717) is 12.2 Å². The number of thiazole rings is 1. The maximum absolute atomic E-state index is 12.3. The molecule has 0 aliphatic rings. The quantitative estimate of drug-likeness (QED) is 0.865. The molecule has 96 valence electrons. The Morgan fingerprint density at radius 1 is 1.61 bits per heavy atom. The highest BCUT2D eigenvalue weighted by Crippen LogP contribution is 2.17. The van der Waals surface area contributed by atoms with Crippen LogP contribution in [0.1, 0.15) is 23.1 Å². The lowest BCUT2D eigenvalue weighted by Crippen LogP contribution is -2.28. The van der Waals surface area contributed by atoms with Crippen molar-refractivity contribution in [2.45, 2.75) is 20.0 Å². The molecule has 0 radical (unpaired) electrons. The molecule has 0 aliphatic heterocycles. The molecule has 4 nitrogen and oxygen atoms in total. The highest BCUT2D eigenvalue weighted by molar-refractivity contribution is 9.10. The van der Waals surface area contributed by atoms with Gasteiger partial charge in [-0.2, -0.15) is 0 Å². The molecule has 2 heterocycles. The average Bonchev–Trinajstić information content (AvgIpc) is 2.97. The molecule has 0 atom stereocenters. The van der Waals surface area contributed by atoms with Gasteiger partial charge in [-0.1, -0.05) is 0 Å². The topological polar surface area (TPSA) is 38.1 Å². The van der Waals surface area contributed by atoms with E-state index in [4.69, 9.17) is 0 Å². The van der Waals surface area contributed by atoms with Crippen molar-refractivity contribution in [3.63, 3.8) is 0 Å². The van der Waals surface area contributed by atoms with Crippen LogP contribution in [0.4, 0.5) is 0 Å². The Bertz CT molecular complexity index is 536. The fourth-order valence-corrected chi connectivity index (χ4v) is 2.75. The Balaban J connectivity index is 2.15. The molecule has 6 heteroatoms. The van der Waals surface area contributed by atoms with Gasteiger partial charge in [0.2, 0.25) is 0 Å². The predicted molar refractivity (Wildman–Crippen MR) is 75.7 cm³/mol. The lowest BCUT2D eigenvalue weighted by molar-refractivity contribution is 0.0773. The van der Waals surface area contributed by atoms with Crippen molar-refractivity contribution in [1.82, 2.24) is 14.5 Å². The van der Waals surface area contributed by atoms with Crippen LogP contribution in [0.3, 0.4) is 0 Å². The zero-order valence-corrected chi connectivity index (χ0v) is 12.7. The second-order valence-electron chi connectivity index (χ2n) is 3.97. The van der Waals surface area contributed by atoms with Gasteiger partial charge in [0.05, 0.1) is 17.7 Å². The number of aromatic nitrogens is 2. The summed E-state index contributed by atoms with van der Waals surface area (Å²) in [5.74, 6) is 0.00977. The first-order chi connectivity index (χ1) is 8.61. The summed E-state index contributed by atoms with van der Waals surface area (Å²) in [6, 6.07) is 1.85. The van der Waals surface area contributed by atoms with Gasteiger partial charge in [0.15, 0.2) is 0 Å². The molecule has 0 aromatic carbocycles. The van der Waals surface area contributed by atoms with E-state index in [1.807, 2.05) is 29.1 Å². The Morgan fingerprint density at radius 2 is 2.39 bits per heavy atom. The van der Waals surface area contributed by atoms with Gasteiger partial charge in [0.1, 0.15) is 5.69 Å². The number of carbonyl (C=O) groups is 1. The van der Waals surface area contributed by atoms with E-state index in [9.17, 15) is 4.79 Å². The normalized spacial score (nSPS) is 10.6. The molecule has 0 spiro atoms. The molecule has 0 saturated carbocycles. The molecule has 0 unspecified atom stereocenters. The summed E-state index contributed by atoms with van der Waals surface area (Å²) in [6.07, 6.45) is 1.92. The van der Waals surface area contributed by atoms with E-state index in [1.165, 1.54) is 11.3 Å². The zero-order valence-electron chi connectivity index (χ0n) is 10.3. The van der Waals surface area contributed by atoms with Crippen molar-refractivity contribution < 1.29 is 4.79 Å². The van der Waals surface area contributed by atoms with E-state index in [-0.39, 0.29) is 5.91 Å². The number of amides is 1. The molecule has 0 N–H and O–H groups in total. The molecule has 2 aromatic heterocycles. The van der Waals surface area contributed by atoms with Gasteiger partial charge >= 0.3 is 0 Å². The van der Waals surface area contributed by atoms with Crippen LogP contribution in [0.2, 0.25) is 0 Å². The number of hydrogen-bond acceptors (Lipinski definition) is 3. The number of hydrogen-bond donors (Lipinski definition) is 0. The summed E-state index contributed by atoms with van der Waals surface area (Å²) in [5.41, 5.74) is 3.39. The Morgan fingerprint density at radius 3 is 3.00 bits per heavy atom. The van der Waals surface area contributed by atoms with Crippen LogP contribution in [0, 0.1) is 0 Å². The van der Waals surface area contributed by atoms with Crippen LogP contribution in [-0.2, 0) is 13.1 Å². The van der Waals surface area contributed by atoms with Gasteiger partial charge in [0.25, 0.3) is 5.91 Å². The van der Waals surface area contributed by atoms with Crippen LogP contribution in [-0.4, -0.2) is 27.4 Å². The van der Waals surface area contributed by atoms with E-state index in [2.05, 4.69) is 20.9 Å². The third kappa shape index (κ3) is 2.81. The summed E-state index contributed by atoms with van der Waals surface area (Å²) in [4.78, 5) is 18.2. The first kappa shape index (κ1) is 13.3. The number of nitrogens with zero attached hydrogens (tertiary/aromatic N) is 3. The summed E-state index contributed by atoms with van der Waals surface area (Å²) >= 11 is 4.94. The molecule has 0 bridgehead atoms. The molecule has 18 heavy (non-hydrogen) atoms. The van der Waals surface area contributed by atoms with Crippen molar-refractivity contribution in [2.24, 2.45) is 0 Å². The minimum atomic E-state index is 0.00977. The van der Waals surface area contributed by atoms with Gasteiger partial charge in [-0.15, -0.1) is 11.3 Å². The molecular weight excluding hydrogens is 314 g/mol. The van der Waals surface area contributed by atoms with E-state index in [0.717, 1.165) is 16.7 Å². The zero-order chi connectivity index (χ0) is 13.1. The number of aryl methyl sites for hydroxylation is 1. The molecule has 2 aromatic rings. The van der Waals surface area contributed by atoms with Crippen molar-refractivity contribution in [3.05, 3.63) is 39.0 Å². The summed E-state index contributed by atoms with van der Waals surface area (Å²) < 4.78 is 2.86. The van der Waals surface area contributed by atoms with Crippen molar-refractivity contribution in [1.29, 1.82) is 0 Å². The van der Waals surface area contributed by atoms with Gasteiger partial charge in [0, 0.05) is 29.6 Å². The second kappa shape index (κ2) is 5.67. The molecule has 0 aliphatic carbocycles. The van der Waals surface area contributed by atoms with Crippen molar-refractivity contribution in [3.8, 4) is 0 Å². The van der Waals surface area contributed by atoms with Crippen LogP contribution >= 0.6 is 27.3 Å². The fraction of sp³-hybridized carbons (Fsp3) is 0.333. The second-order valence-corrected chi connectivity index (χ2v) is 5.60. The average molecular weight is 328 g/mol. The third-order valence-corrected chi connectivity index (χ3v) is 3.72. The number of rotatable bonds is 4. The Labute approximate surface area is 118 Å². The third-order valence-electron chi connectivity index (χ3n) is 2.65. The van der Waals surface area contributed by atoms with E-state index >= 15 is 0 Å². The Hall–Kier alpha value is -1.14. The first-order valence-corrected chi connectivity index (χ1v) is 7.33. The van der Waals surface area contributed by atoms with Crippen molar-refractivity contribution >= 4 is 33.2 Å².